The minimum absolute atomic E-state index is 0.249. The van der Waals surface area contributed by atoms with Gasteiger partial charge in [-0.25, -0.2) is 4.39 Å². The monoisotopic (exact) mass is 390 g/mol. The van der Waals surface area contributed by atoms with E-state index in [-0.39, 0.29) is 5.82 Å². The molecule has 2 rings (SSSR count). The summed E-state index contributed by atoms with van der Waals surface area (Å²) in [5.41, 5.74) is 9.32. The maximum Gasteiger partial charge on any atom is 0.126 e. The topological polar surface area (TPSA) is 29.3 Å². The molecule has 26 heavy (non-hydrogen) atoms. The first-order valence-electron chi connectivity index (χ1n) is 8.32. The van der Waals surface area contributed by atoms with E-state index in [2.05, 4.69) is 31.9 Å². The molecule has 138 valence electrons. The fourth-order valence-corrected chi connectivity index (χ4v) is 3.68. The van der Waals surface area contributed by atoms with Crippen molar-refractivity contribution < 1.29 is 4.39 Å². The fraction of sp³-hybridized carbons (Fsp3) is 0.238. The average molecular weight is 391 g/mol. The van der Waals surface area contributed by atoms with Crippen LogP contribution in [0.4, 0.5) is 10.1 Å². The number of benzene rings is 1. The largest absolute Gasteiger partial charge is 0.385 e. The first kappa shape index (κ1) is 20.3. The number of halogens is 2. The molecule has 2 nitrogen and oxygen atoms in total. The van der Waals surface area contributed by atoms with Gasteiger partial charge < -0.3 is 10.6 Å². The Kier molecular flexibility index (Phi) is 6.68. The van der Waals surface area contributed by atoms with Crippen LogP contribution < -0.4 is 10.6 Å². The van der Waals surface area contributed by atoms with Crippen LogP contribution in [0.2, 0.25) is 0 Å². The lowest BCUT2D eigenvalue weighted by atomic mass is 10.0. The zero-order valence-corrected chi connectivity index (χ0v) is 17.1. The summed E-state index contributed by atoms with van der Waals surface area (Å²) in [6.07, 6.45) is 3.35. The van der Waals surface area contributed by atoms with Gasteiger partial charge in [0.2, 0.25) is 0 Å². The molecule has 2 aromatic rings. The molecular formula is C21H24ClFN2S. The lowest BCUT2D eigenvalue weighted by Gasteiger charge is -2.18. The van der Waals surface area contributed by atoms with Crippen molar-refractivity contribution in [2.24, 2.45) is 5.73 Å². The van der Waals surface area contributed by atoms with Crippen LogP contribution in [0, 0.1) is 12.7 Å². The normalized spacial score (nSPS) is 13.0. The lowest BCUT2D eigenvalue weighted by molar-refractivity contribution is 0.618. The summed E-state index contributed by atoms with van der Waals surface area (Å²) >= 11 is 8.20. The number of nitrogens with zero attached hydrogens (tertiary/aromatic N) is 1. The quantitative estimate of drug-likeness (QED) is 0.579. The number of nitrogens with two attached hydrogens (primary N) is 1. The van der Waals surface area contributed by atoms with Gasteiger partial charge in [-0.3, -0.25) is 0 Å². The molecule has 0 saturated carbocycles. The summed E-state index contributed by atoms with van der Waals surface area (Å²) < 4.78 is 13.5. The number of allylic oxidation sites excluding steroid dienone is 4. The maximum absolute atomic E-state index is 13.5. The molecule has 1 heterocycles. The minimum Gasteiger partial charge on any atom is -0.385 e. The SMILES string of the molecule is C=C/C(=C(Cl)\C=C(/N)N(C)c1csc(C(C)C)c1)c1ccc(F)c(C)c1. The number of aryl methyl sites for hydroxylation is 1. The minimum atomic E-state index is -0.249. The highest BCUT2D eigenvalue weighted by molar-refractivity contribution is 7.10. The molecule has 0 saturated heterocycles. The molecule has 0 spiro atoms. The van der Waals surface area contributed by atoms with Gasteiger partial charge in [-0.1, -0.05) is 44.2 Å². The number of hydrogen-bond donors (Lipinski definition) is 1. The van der Waals surface area contributed by atoms with E-state index in [0.717, 1.165) is 11.3 Å². The molecule has 1 aromatic carbocycles. The Labute approximate surface area is 164 Å². The standard InChI is InChI=1S/C21H24ClFN2S/c1-6-17(15-7-8-19(23)14(4)9-15)18(22)11-21(24)25(5)16-10-20(13(2)3)26-12-16/h6-13H,1,24H2,2-5H3/b18-17-,21-11+. The van der Waals surface area contributed by atoms with Crippen molar-refractivity contribution in [3.05, 3.63) is 81.1 Å². The van der Waals surface area contributed by atoms with Gasteiger partial charge >= 0.3 is 0 Å². The molecule has 0 aliphatic carbocycles. The number of hydrogen-bond acceptors (Lipinski definition) is 3. The number of thiophene rings is 1. The molecule has 0 aliphatic heterocycles. The van der Waals surface area contributed by atoms with Crippen LogP contribution in [0.1, 0.15) is 35.8 Å². The highest BCUT2D eigenvalue weighted by atomic mass is 35.5. The average Bonchev–Trinajstić information content (AvgIpc) is 3.08. The molecule has 0 atom stereocenters. The van der Waals surface area contributed by atoms with Crippen LogP contribution in [0.3, 0.4) is 0 Å². The summed E-state index contributed by atoms with van der Waals surface area (Å²) in [5, 5.41) is 2.53. The van der Waals surface area contributed by atoms with Gasteiger partial charge in [0, 0.05) is 17.3 Å². The summed E-state index contributed by atoms with van der Waals surface area (Å²) in [7, 11) is 1.90. The summed E-state index contributed by atoms with van der Waals surface area (Å²) in [4.78, 5) is 3.19. The molecule has 0 unspecified atom stereocenters. The molecular weight excluding hydrogens is 367 g/mol. The zero-order valence-electron chi connectivity index (χ0n) is 15.5. The van der Waals surface area contributed by atoms with Gasteiger partial charge in [0.1, 0.15) is 11.6 Å². The van der Waals surface area contributed by atoms with E-state index in [0.29, 0.717) is 27.9 Å². The third-order valence-corrected chi connectivity index (χ3v) is 5.69. The molecule has 2 N–H and O–H groups in total. The molecule has 0 radical (unpaired) electrons. The van der Waals surface area contributed by atoms with Gasteiger partial charge in [0.05, 0.1) is 10.7 Å². The Balaban J connectivity index is 2.35. The van der Waals surface area contributed by atoms with Crippen molar-refractivity contribution in [2.45, 2.75) is 26.7 Å². The van der Waals surface area contributed by atoms with Crippen molar-refractivity contribution in [1.29, 1.82) is 0 Å². The highest BCUT2D eigenvalue weighted by Gasteiger charge is 2.11. The Morgan fingerprint density at radius 3 is 2.58 bits per heavy atom. The fourth-order valence-electron chi connectivity index (χ4n) is 2.44. The zero-order chi connectivity index (χ0) is 19.4. The van der Waals surface area contributed by atoms with Gasteiger partial charge in [-0.2, -0.15) is 0 Å². The predicted octanol–water partition coefficient (Wildman–Crippen LogP) is 6.39. The third-order valence-electron chi connectivity index (χ3n) is 4.15. The Bertz CT molecular complexity index is 865. The van der Waals surface area contributed by atoms with Crippen LogP contribution in [-0.2, 0) is 0 Å². The summed E-state index contributed by atoms with van der Waals surface area (Å²) in [6, 6.07) is 6.99. The molecule has 0 fully saturated rings. The van der Waals surface area contributed by atoms with Gasteiger partial charge in [-0.05, 0) is 53.8 Å². The second-order valence-electron chi connectivity index (χ2n) is 6.42. The van der Waals surface area contributed by atoms with Gasteiger partial charge in [0.25, 0.3) is 0 Å². The maximum atomic E-state index is 13.5. The Morgan fingerprint density at radius 1 is 1.35 bits per heavy atom. The second kappa shape index (κ2) is 8.56. The van der Waals surface area contributed by atoms with E-state index in [9.17, 15) is 4.39 Å². The van der Waals surface area contributed by atoms with E-state index in [4.69, 9.17) is 17.3 Å². The summed E-state index contributed by atoms with van der Waals surface area (Å²) in [5.74, 6) is 0.743. The van der Waals surface area contributed by atoms with Crippen molar-refractivity contribution in [3.63, 3.8) is 0 Å². The van der Waals surface area contributed by atoms with Crippen LogP contribution in [-0.4, -0.2) is 7.05 Å². The van der Waals surface area contributed by atoms with E-state index in [1.165, 1.54) is 10.9 Å². The first-order valence-corrected chi connectivity index (χ1v) is 9.58. The Morgan fingerprint density at radius 2 is 2.04 bits per heavy atom. The van der Waals surface area contributed by atoms with Crippen LogP contribution >= 0.6 is 22.9 Å². The van der Waals surface area contributed by atoms with Gasteiger partial charge in [-0.15, -0.1) is 11.3 Å². The molecule has 5 heteroatoms. The highest BCUT2D eigenvalue weighted by Crippen LogP contribution is 2.30. The number of anilines is 1. The van der Waals surface area contributed by atoms with Crippen molar-refractivity contribution in [3.8, 4) is 0 Å². The van der Waals surface area contributed by atoms with E-state index >= 15 is 0 Å². The molecule has 0 bridgehead atoms. The van der Waals surface area contributed by atoms with Crippen LogP contribution in [0.25, 0.3) is 5.57 Å². The second-order valence-corrected chi connectivity index (χ2v) is 7.77. The predicted molar refractivity (Wildman–Crippen MR) is 113 cm³/mol. The Hall–Kier alpha value is -2.04. The van der Waals surface area contributed by atoms with Crippen LogP contribution in [0.5, 0.6) is 0 Å². The van der Waals surface area contributed by atoms with Gasteiger partial charge in [0.15, 0.2) is 0 Å². The van der Waals surface area contributed by atoms with Crippen molar-refractivity contribution >= 4 is 34.2 Å². The summed E-state index contributed by atoms with van der Waals surface area (Å²) in [6.45, 7) is 9.87. The van der Waals surface area contributed by atoms with E-state index < -0.39 is 0 Å². The first-order chi connectivity index (χ1) is 12.2. The molecule has 0 aliphatic rings. The molecule has 1 aromatic heterocycles. The smallest absolute Gasteiger partial charge is 0.126 e. The lowest BCUT2D eigenvalue weighted by Crippen LogP contribution is -2.22. The van der Waals surface area contributed by atoms with E-state index in [1.807, 2.05) is 11.9 Å². The van der Waals surface area contributed by atoms with E-state index in [1.54, 1.807) is 42.5 Å². The van der Waals surface area contributed by atoms with Crippen molar-refractivity contribution in [2.75, 3.05) is 11.9 Å². The third kappa shape index (κ3) is 4.57. The number of rotatable bonds is 6. The van der Waals surface area contributed by atoms with Crippen LogP contribution in [0.15, 0.2) is 59.2 Å². The molecule has 0 amide bonds. The van der Waals surface area contributed by atoms with Crippen molar-refractivity contribution in [1.82, 2.24) is 0 Å².